The zero-order valence-electron chi connectivity index (χ0n) is 9.66. The predicted molar refractivity (Wildman–Crippen MR) is 63.3 cm³/mol. The number of anilines is 1. The van der Waals surface area contributed by atoms with Crippen molar-refractivity contribution in [2.45, 2.75) is 26.3 Å². The van der Waals surface area contributed by atoms with Gasteiger partial charge in [0.15, 0.2) is 5.82 Å². The van der Waals surface area contributed by atoms with E-state index in [4.69, 9.17) is 16.7 Å². The molecular formula is C11H13ClFNO3. The van der Waals surface area contributed by atoms with Gasteiger partial charge in [-0.2, -0.15) is 0 Å². The number of benzene rings is 1. The van der Waals surface area contributed by atoms with Gasteiger partial charge in [0.1, 0.15) is 10.8 Å². The van der Waals surface area contributed by atoms with E-state index in [9.17, 15) is 14.3 Å². The van der Waals surface area contributed by atoms with E-state index in [2.05, 4.69) is 0 Å². The number of phenolic OH excluding ortho intramolecular Hbond substituents is 1. The van der Waals surface area contributed by atoms with E-state index < -0.39 is 28.2 Å². The molecule has 0 bridgehead atoms. The van der Waals surface area contributed by atoms with Gasteiger partial charge in [0, 0.05) is 5.54 Å². The minimum Gasteiger partial charge on any atom is -0.506 e. The lowest BCUT2D eigenvalue weighted by molar-refractivity contribution is 0.195. The molecule has 0 heterocycles. The highest BCUT2D eigenvalue weighted by Crippen LogP contribution is 2.35. The van der Waals surface area contributed by atoms with E-state index in [1.165, 1.54) is 6.07 Å². The molecule has 6 heteroatoms. The van der Waals surface area contributed by atoms with Gasteiger partial charge in [-0.1, -0.05) is 11.6 Å². The van der Waals surface area contributed by atoms with Crippen molar-refractivity contribution in [1.82, 2.24) is 0 Å². The first-order valence-corrected chi connectivity index (χ1v) is 5.24. The Hall–Kier alpha value is -1.49. The van der Waals surface area contributed by atoms with Gasteiger partial charge in [-0.3, -0.25) is 4.90 Å². The average Bonchev–Trinajstić information content (AvgIpc) is 2.16. The fourth-order valence-corrected chi connectivity index (χ4v) is 1.61. The summed E-state index contributed by atoms with van der Waals surface area (Å²) in [7, 11) is 0. The monoisotopic (exact) mass is 261 g/mol. The van der Waals surface area contributed by atoms with Gasteiger partial charge in [0.2, 0.25) is 0 Å². The fraction of sp³-hybridized carbons (Fsp3) is 0.364. The van der Waals surface area contributed by atoms with E-state index in [0.29, 0.717) is 0 Å². The van der Waals surface area contributed by atoms with Crippen molar-refractivity contribution in [3.05, 3.63) is 23.0 Å². The van der Waals surface area contributed by atoms with E-state index >= 15 is 0 Å². The van der Waals surface area contributed by atoms with Crippen LogP contribution in [0.25, 0.3) is 0 Å². The minimum absolute atomic E-state index is 0.187. The van der Waals surface area contributed by atoms with Crippen LogP contribution in [-0.4, -0.2) is 21.8 Å². The van der Waals surface area contributed by atoms with Crippen LogP contribution in [0.15, 0.2) is 12.1 Å². The van der Waals surface area contributed by atoms with Crippen molar-refractivity contribution in [2.75, 3.05) is 4.90 Å². The number of hydrogen-bond donors (Lipinski definition) is 2. The van der Waals surface area contributed by atoms with Gasteiger partial charge < -0.3 is 10.2 Å². The lowest BCUT2D eigenvalue weighted by Gasteiger charge is -2.33. The molecule has 0 atom stereocenters. The Morgan fingerprint density at radius 1 is 1.41 bits per heavy atom. The van der Waals surface area contributed by atoms with Crippen LogP contribution in [0, 0.1) is 5.82 Å². The molecule has 0 saturated heterocycles. The molecule has 2 N–H and O–H groups in total. The smallest absolute Gasteiger partial charge is 0.412 e. The summed E-state index contributed by atoms with van der Waals surface area (Å²) >= 11 is 5.54. The molecule has 0 spiro atoms. The molecule has 0 aliphatic rings. The average molecular weight is 262 g/mol. The molecule has 1 aromatic carbocycles. The molecule has 1 rings (SSSR count). The number of amides is 1. The summed E-state index contributed by atoms with van der Waals surface area (Å²) in [4.78, 5) is 12.0. The zero-order chi connectivity index (χ0) is 13.4. The van der Waals surface area contributed by atoms with Crippen LogP contribution in [0.3, 0.4) is 0 Å². The van der Waals surface area contributed by atoms with Gasteiger partial charge in [0.05, 0.1) is 5.69 Å². The molecule has 17 heavy (non-hydrogen) atoms. The van der Waals surface area contributed by atoms with Gasteiger partial charge in [0.25, 0.3) is 0 Å². The first-order chi connectivity index (χ1) is 7.66. The van der Waals surface area contributed by atoms with E-state index in [1.54, 1.807) is 20.8 Å². The Kier molecular flexibility index (Phi) is 3.52. The second-order valence-electron chi connectivity index (χ2n) is 4.52. The Bertz CT molecular complexity index is 457. The van der Waals surface area contributed by atoms with E-state index in [-0.39, 0.29) is 5.69 Å². The summed E-state index contributed by atoms with van der Waals surface area (Å²) in [6.45, 7) is 4.88. The maximum atomic E-state index is 13.8. The largest absolute Gasteiger partial charge is 0.506 e. The number of carbonyl (C=O) groups is 1. The molecule has 1 amide bonds. The quantitative estimate of drug-likeness (QED) is 0.814. The van der Waals surface area contributed by atoms with Crippen LogP contribution in [-0.2, 0) is 0 Å². The highest BCUT2D eigenvalue weighted by Gasteiger charge is 2.31. The van der Waals surface area contributed by atoms with Crippen LogP contribution < -0.4 is 4.90 Å². The molecule has 0 saturated carbocycles. The lowest BCUT2D eigenvalue weighted by Crippen LogP contribution is -2.45. The second kappa shape index (κ2) is 4.41. The second-order valence-corrected chi connectivity index (χ2v) is 4.90. The first kappa shape index (κ1) is 13.6. The first-order valence-electron chi connectivity index (χ1n) is 4.86. The third-order valence-electron chi connectivity index (χ3n) is 2.14. The number of rotatable bonds is 1. The van der Waals surface area contributed by atoms with Gasteiger partial charge in [-0.25, -0.2) is 9.18 Å². The normalized spacial score (nSPS) is 11.4. The van der Waals surface area contributed by atoms with Crippen LogP contribution in [0.2, 0.25) is 5.02 Å². The SMILES string of the molecule is CC(C)(C)N(C(=O)O)c1ccc(O)c(Cl)c1F. The summed E-state index contributed by atoms with van der Waals surface area (Å²) in [5.74, 6) is -1.38. The molecule has 0 aromatic heterocycles. The third kappa shape index (κ3) is 2.61. The summed E-state index contributed by atoms with van der Waals surface area (Å²) < 4.78 is 13.8. The van der Waals surface area contributed by atoms with Crippen LogP contribution in [0.5, 0.6) is 5.75 Å². The van der Waals surface area contributed by atoms with Crippen molar-refractivity contribution in [3.8, 4) is 5.75 Å². The molecule has 4 nitrogen and oxygen atoms in total. The maximum absolute atomic E-state index is 13.8. The predicted octanol–water partition coefficient (Wildman–Crippen LogP) is 3.47. The standard InChI is InChI=1S/C11H13ClFNO3/c1-11(2,3)14(10(16)17)6-4-5-7(15)8(12)9(6)13/h4-5,15H,1-3H3,(H,16,17). The fourth-order valence-electron chi connectivity index (χ4n) is 1.45. The Labute approximate surface area is 103 Å². The van der Waals surface area contributed by atoms with Gasteiger partial charge in [-0.15, -0.1) is 0 Å². The lowest BCUT2D eigenvalue weighted by atomic mass is 10.1. The number of hydrogen-bond acceptors (Lipinski definition) is 2. The Balaban J connectivity index is 3.40. The van der Waals surface area contributed by atoms with Crippen molar-refractivity contribution < 1.29 is 19.4 Å². The Morgan fingerprint density at radius 2 is 1.94 bits per heavy atom. The molecule has 0 unspecified atom stereocenters. The summed E-state index contributed by atoms with van der Waals surface area (Å²) in [6, 6.07) is 2.33. The zero-order valence-corrected chi connectivity index (χ0v) is 10.4. The van der Waals surface area contributed by atoms with E-state index in [0.717, 1.165) is 11.0 Å². The molecule has 0 aliphatic carbocycles. The Morgan fingerprint density at radius 3 is 2.35 bits per heavy atom. The molecule has 1 aromatic rings. The third-order valence-corrected chi connectivity index (χ3v) is 2.50. The van der Waals surface area contributed by atoms with Crippen LogP contribution >= 0.6 is 11.6 Å². The number of phenols is 1. The highest BCUT2D eigenvalue weighted by atomic mass is 35.5. The topological polar surface area (TPSA) is 60.8 Å². The summed E-state index contributed by atoms with van der Waals surface area (Å²) in [5, 5.41) is 17.8. The number of carboxylic acid groups (broad SMARTS) is 1. The van der Waals surface area contributed by atoms with Crippen molar-refractivity contribution in [1.29, 1.82) is 0 Å². The molecular weight excluding hydrogens is 249 g/mol. The van der Waals surface area contributed by atoms with Gasteiger partial charge in [-0.05, 0) is 32.9 Å². The van der Waals surface area contributed by atoms with Crippen LogP contribution in [0.1, 0.15) is 20.8 Å². The molecule has 0 radical (unpaired) electrons. The minimum atomic E-state index is -1.29. The molecule has 0 fully saturated rings. The number of aromatic hydroxyl groups is 1. The van der Waals surface area contributed by atoms with E-state index in [1.807, 2.05) is 0 Å². The molecule has 0 aliphatic heterocycles. The van der Waals surface area contributed by atoms with Crippen molar-refractivity contribution in [2.24, 2.45) is 0 Å². The van der Waals surface area contributed by atoms with Crippen molar-refractivity contribution >= 4 is 23.4 Å². The number of halogens is 2. The summed E-state index contributed by atoms with van der Waals surface area (Å²) in [6.07, 6.45) is -1.29. The highest BCUT2D eigenvalue weighted by molar-refractivity contribution is 6.32. The summed E-state index contributed by atoms with van der Waals surface area (Å²) in [5.41, 5.74) is -1.01. The van der Waals surface area contributed by atoms with Gasteiger partial charge >= 0.3 is 6.09 Å². The number of nitrogens with zero attached hydrogens (tertiary/aromatic N) is 1. The van der Waals surface area contributed by atoms with Crippen LogP contribution in [0.4, 0.5) is 14.9 Å². The van der Waals surface area contributed by atoms with Crippen molar-refractivity contribution in [3.63, 3.8) is 0 Å². The molecule has 94 valence electrons. The maximum Gasteiger partial charge on any atom is 0.412 e.